The van der Waals surface area contributed by atoms with E-state index < -0.39 is 0 Å². The first-order valence-corrected chi connectivity index (χ1v) is 7.99. The van der Waals surface area contributed by atoms with Gasteiger partial charge in [-0.05, 0) is 65.3 Å². The number of imide groups is 1. The Morgan fingerprint density at radius 3 is 2.67 bits per heavy atom. The molecular weight excluding hydrogens is 358 g/mol. The van der Waals surface area contributed by atoms with Gasteiger partial charge in [-0.2, -0.15) is 0 Å². The predicted octanol–water partition coefficient (Wildman–Crippen LogP) is 3.61. The molecule has 0 bridgehead atoms. The number of phenols is 1. The Morgan fingerprint density at radius 1 is 1.38 bits per heavy atom. The number of carbonyl (C=O) groups is 2. The van der Waals surface area contributed by atoms with Gasteiger partial charge in [-0.15, -0.1) is 0 Å². The van der Waals surface area contributed by atoms with E-state index in [1.165, 1.54) is 4.90 Å². The fraction of sp³-hybridized carbons (Fsp3) is 0.286. The lowest BCUT2D eigenvalue weighted by molar-refractivity contribution is -0.122. The van der Waals surface area contributed by atoms with Gasteiger partial charge in [0.05, 0.1) is 16.0 Å². The lowest BCUT2D eigenvalue weighted by atomic mass is 10.2. The predicted molar refractivity (Wildman–Crippen MR) is 85.3 cm³/mol. The molecule has 0 radical (unpaired) electrons. The smallest absolute Gasteiger partial charge is 0.293 e. The van der Waals surface area contributed by atoms with E-state index >= 15 is 0 Å². The molecule has 5 nitrogen and oxygen atoms in total. The van der Waals surface area contributed by atoms with Crippen LogP contribution in [0.4, 0.5) is 4.79 Å². The van der Waals surface area contributed by atoms with E-state index in [9.17, 15) is 14.7 Å². The summed E-state index contributed by atoms with van der Waals surface area (Å²) in [5.74, 6) is 0.0400. The lowest BCUT2D eigenvalue weighted by Crippen LogP contribution is -2.27. The van der Waals surface area contributed by atoms with Crippen LogP contribution in [0.25, 0.3) is 6.08 Å². The first kappa shape index (κ1) is 15.9. The van der Waals surface area contributed by atoms with Gasteiger partial charge in [0, 0.05) is 6.54 Å². The lowest BCUT2D eigenvalue weighted by Gasteiger charge is -2.09. The summed E-state index contributed by atoms with van der Waals surface area (Å²) < 4.78 is 5.80. The SMILES string of the molecule is CCOc1cc(/C=C2\SC(=O)N(CC)C2=O)cc(Br)c1O. The molecule has 21 heavy (non-hydrogen) atoms. The number of aromatic hydroxyl groups is 1. The van der Waals surface area contributed by atoms with Crippen molar-refractivity contribution >= 4 is 44.9 Å². The molecule has 1 aliphatic heterocycles. The molecule has 0 spiro atoms. The maximum atomic E-state index is 12.0. The number of benzene rings is 1. The Kier molecular flexibility index (Phi) is 4.95. The van der Waals surface area contributed by atoms with E-state index in [4.69, 9.17) is 4.74 Å². The molecule has 7 heteroatoms. The Balaban J connectivity index is 2.37. The number of nitrogens with zero attached hydrogens (tertiary/aromatic N) is 1. The van der Waals surface area contributed by atoms with Crippen LogP contribution in [0.3, 0.4) is 0 Å². The summed E-state index contributed by atoms with van der Waals surface area (Å²) in [7, 11) is 0. The third-order valence-corrected chi connectivity index (χ3v) is 4.35. The number of halogens is 1. The van der Waals surface area contributed by atoms with Crippen LogP contribution >= 0.6 is 27.7 Å². The Morgan fingerprint density at radius 2 is 2.10 bits per heavy atom. The third kappa shape index (κ3) is 3.24. The summed E-state index contributed by atoms with van der Waals surface area (Å²) in [6.45, 7) is 4.33. The molecule has 1 N–H and O–H groups in total. The second-order valence-corrected chi connectivity index (χ2v) is 6.06. The minimum atomic E-state index is -0.297. The van der Waals surface area contributed by atoms with E-state index in [0.29, 0.717) is 33.8 Å². The van der Waals surface area contributed by atoms with Gasteiger partial charge in [-0.1, -0.05) is 0 Å². The molecule has 0 saturated carbocycles. The molecule has 0 unspecified atom stereocenters. The van der Waals surface area contributed by atoms with Crippen LogP contribution in [-0.2, 0) is 4.79 Å². The number of hydrogen-bond donors (Lipinski definition) is 1. The van der Waals surface area contributed by atoms with Gasteiger partial charge in [-0.3, -0.25) is 14.5 Å². The molecule has 0 atom stereocenters. The van der Waals surface area contributed by atoms with Crippen molar-refractivity contribution in [3.05, 3.63) is 27.1 Å². The molecule has 0 aromatic heterocycles. The molecule has 0 aliphatic carbocycles. The number of carbonyl (C=O) groups excluding carboxylic acids is 2. The number of ether oxygens (including phenoxy) is 1. The summed E-state index contributed by atoms with van der Waals surface area (Å²) in [6, 6.07) is 3.29. The highest BCUT2D eigenvalue weighted by Crippen LogP contribution is 2.38. The summed E-state index contributed by atoms with van der Waals surface area (Å²) in [4.78, 5) is 25.3. The first-order valence-electron chi connectivity index (χ1n) is 6.38. The van der Waals surface area contributed by atoms with E-state index in [0.717, 1.165) is 11.8 Å². The maximum absolute atomic E-state index is 12.0. The zero-order valence-corrected chi connectivity index (χ0v) is 14.0. The standard InChI is InChI=1S/C14H14BrNO4S/c1-3-16-13(18)11(21-14(16)19)7-8-5-9(15)12(17)10(6-8)20-4-2/h5-7,17H,3-4H2,1-2H3/b11-7-. The van der Waals surface area contributed by atoms with Gasteiger partial charge in [0.15, 0.2) is 11.5 Å². The summed E-state index contributed by atoms with van der Waals surface area (Å²) >= 11 is 4.15. The van der Waals surface area contributed by atoms with Crippen molar-refractivity contribution in [3.8, 4) is 11.5 Å². The molecule has 1 aliphatic rings. The van der Waals surface area contributed by atoms with Crippen molar-refractivity contribution in [2.24, 2.45) is 0 Å². The topological polar surface area (TPSA) is 66.8 Å². The molecule has 2 amide bonds. The van der Waals surface area contributed by atoms with Gasteiger partial charge >= 0.3 is 0 Å². The molecule has 1 aromatic rings. The van der Waals surface area contributed by atoms with Crippen LogP contribution in [0.15, 0.2) is 21.5 Å². The largest absolute Gasteiger partial charge is 0.503 e. The molecular formula is C14H14BrNO4S. The van der Waals surface area contributed by atoms with E-state index in [-0.39, 0.29) is 16.9 Å². The van der Waals surface area contributed by atoms with Crippen LogP contribution in [0.2, 0.25) is 0 Å². The van der Waals surface area contributed by atoms with Gasteiger partial charge < -0.3 is 9.84 Å². The maximum Gasteiger partial charge on any atom is 0.293 e. The Bertz CT molecular complexity index is 630. The van der Waals surface area contributed by atoms with Crippen molar-refractivity contribution in [1.29, 1.82) is 0 Å². The van der Waals surface area contributed by atoms with Crippen molar-refractivity contribution < 1.29 is 19.4 Å². The molecule has 112 valence electrons. The zero-order valence-electron chi connectivity index (χ0n) is 11.6. The van der Waals surface area contributed by atoms with E-state index in [1.807, 2.05) is 6.92 Å². The average Bonchev–Trinajstić information content (AvgIpc) is 2.70. The summed E-state index contributed by atoms with van der Waals surface area (Å²) in [5.41, 5.74) is 0.671. The molecule has 1 fully saturated rings. The Hall–Kier alpha value is -1.47. The fourth-order valence-electron chi connectivity index (χ4n) is 1.87. The van der Waals surface area contributed by atoms with E-state index in [1.54, 1.807) is 25.1 Å². The van der Waals surface area contributed by atoms with Crippen LogP contribution in [0, 0.1) is 0 Å². The Labute approximate surface area is 135 Å². The average molecular weight is 372 g/mol. The number of rotatable bonds is 4. The quantitative estimate of drug-likeness (QED) is 0.818. The highest BCUT2D eigenvalue weighted by atomic mass is 79.9. The van der Waals surface area contributed by atoms with Crippen LogP contribution < -0.4 is 4.74 Å². The molecule has 2 rings (SSSR count). The van der Waals surface area contributed by atoms with Gasteiger partial charge in [0.2, 0.25) is 0 Å². The summed E-state index contributed by atoms with van der Waals surface area (Å²) in [6.07, 6.45) is 1.62. The summed E-state index contributed by atoms with van der Waals surface area (Å²) in [5, 5.41) is 9.59. The minimum absolute atomic E-state index is 0.00987. The molecule has 1 aromatic carbocycles. The number of hydrogen-bond acceptors (Lipinski definition) is 5. The normalized spacial score (nSPS) is 16.9. The zero-order chi connectivity index (χ0) is 15.6. The highest BCUT2D eigenvalue weighted by molar-refractivity contribution is 9.10. The van der Waals surface area contributed by atoms with Crippen molar-refractivity contribution in [1.82, 2.24) is 4.90 Å². The second kappa shape index (κ2) is 6.53. The number of likely N-dealkylation sites (N-methyl/N-ethyl adjacent to an activating group) is 1. The van der Waals surface area contributed by atoms with Crippen LogP contribution in [0.5, 0.6) is 11.5 Å². The van der Waals surface area contributed by atoms with Crippen LogP contribution in [-0.4, -0.2) is 34.3 Å². The third-order valence-electron chi connectivity index (χ3n) is 2.84. The molecule has 1 heterocycles. The van der Waals surface area contributed by atoms with Crippen molar-refractivity contribution in [2.75, 3.05) is 13.2 Å². The first-order chi connectivity index (χ1) is 9.97. The minimum Gasteiger partial charge on any atom is -0.503 e. The monoisotopic (exact) mass is 371 g/mol. The number of thioether (sulfide) groups is 1. The van der Waals surface area contributed by atoms with Crippen LogP contribution in [0.1, 0.15) is 19.4 Å². The van der Waals surface area contributed by atoms with Gasteiger partial charge in [0.25, 0.3) is 11.1 Å². The van der Waals surface area contributed by atoms with Crippen molar-refractivity contribution in [2.45, 2.75) is 13.8 Å². The van der Waals surface area contributed by atoms with Crippen molar-refractivity contribution in [3.63, 3.8) is 0 Å². The molecule has 1 saturated heterocycles. The number of phenolic OH excluding ortho intramolecular Hbond substituents is 1. The highest BCUT2D eigenvalue weighted by Gasteiger charge is 2.33. The van der Waals surface area contributed by atoms with E-state index in [2.05, 4.69) is 15.9 Å². The second-order valence-electron chi connectivity index (χ2n) is 4.21. The number of amides is 2. The van der Waals surface area contributed by atoms with Gasteiger partial charge in [-0.25, -0.2) is 0 Å². The fourth-order valence-corrected chi connectivity index (χ4v) is 3.23. The van der Waals surface area contributed by atoms with Gasteiger partial charge in [0.1, 0.15) is 0 Å².